The fourth-order valence-electron chi connectivity index (χ4n) is 3.43. The summed E-state index contributed by atoms with van der Waals surface area (Å²) in [6.45, 7) is 2.97. The van der Waals surface area contributed by atoms with Gasteiger partial charge >= 0.3 is 0 Å². The van der Waals surface area contributed by atoms with Crippen LogP contribution in [0, 0.1) is 6.92 Å². The molecule has 1 aliphatic rings. The van der Waals surface area contributed by atoms with Crippen LogP contribution in [0.4, 0.5) is 5.82 Å². The lowest BCUT2D eigenvalue weighted by atomic mass is 10.0. The lowest BCUT2D eigenvalue weighted by Gasteiger charge is -2.11. The third kappa shape index (κ3) is 3.20. The van der Waals surface area contributed by atoms with Crippen LogP contribution in [0.1, 0.15) is 24.0 Å². The van der Waals surface area contributed by atoms with Gasteiger partial charge in [-0.05, 0) is 68.1 Å². The van der Waals surface area contributed by atoms with Gasteiger partial charge in [0.1, 0.15) is 5.82 Å². The number of anilines is 1. The van der Waals surface area contributed by atoms with Gasteiger partial charge in [0.25, 0.3) is 0 Å². The molecular formula is C20H18Cl3N3. The molecule has 1 N–H and O–H groups in total. The summed E-state index contributed by atoms with van der Waals surface area (Å²) in [5.41, 5.74) is 5.09. The first-order chi connectivity index (χ1) is 12.5. The second kappa shape index (κ2) is 7.15. The smallest absolute Gasteiger partial charge is 0.133 e. The van der Waals surface area contributed by atoms with Crippen molar-refractivity contribution in [3.63, 3.8) is 0 Å². The first-order valence-electron chi connectivity index (χ1n) is 8.62. The molecular weight excluding hydrogens is 389 g/mol. The Balaban J connectivity index is 1.95. The Bertz CT molecular complexity index is 903. The number of halogens is 3. The molecule has 2 heterocycles. The third-order valence-electron chi connectivity index (χ3n) is 4.70. The highest BCUT2D eigenvalue weighted by Gasteiger charge is 2.23. The van der Waals surface area contributed by atoms with Gasteiger partial charge in [0, 0.05) is 27.7 Å². The topological polar surface area (TPSA) is 29.9 Å². The zero-order chi connectivity index (χ0) is 18.3. The maximum atomic E-state index is 6.48. The Morgan fingerprint density at radius 1 is 1.00 bits per heavy atom. The molecule has 26 heavy (non-hydrogen) atoms. The standard InChI is InChI=1S/C20H18Cl3N3/c1-12-10-13(21)6-8-18(12)26-20-16(4-2-3-9-24-20)19(25-26)15-7-5-14(22)11-17(15)23/h5-8,10-11,24H,2-4,9H2,1H3. The van der Waals surface area contributed by atoms with Crippen molar-refractivity contribution in [3.8, 4) is 16.9 Å². The number of nitrogens with one attached hydrogen (secondary N) is 1. The fourth-order valence-corrected chi connectivity index (χ4v) is 4.16. The lowest BCUT2D eigenvalue weighted by molar-refractivity contribution is 0.779. The van der Waals surface area contributed by atoms with E-state index < -0.39 is 0 Å². The van der Waals surface area contributed by atoms with E-state index in [1.165, 1.54) is 5.56 Å². The van der Waals surface area contributed by atoms with Crippen molar-refractivity contribution in [2.45, 2.75) is 26.2 Å². The number of rotatable bonds is 2. The largest absolute Gasteiger partial charge is 0.370 e. The van der Waals surface area contributed by atoms with Crippen LogP contribution in [0.15, 0.2) is 36.4 Å². The van der Waals surface area contributed by atoms with E-state index in [9.17, 15) is 0 Å². The zero-order valence-corrected chi connectivity index (χ0v) is 16.6. The number of aromatic nitrogens is 2. The van der Waals surface area contributed by atoms with Crippen molar-refractivity contribution in [1.82, 2.24) is 9.78 Å². The number of hydrogen-bond donors (Lipinski definition) is 1. The molecule has 3 aromatic rings. The molecule has 134 valence electrons. The molecule has 1 aromatic heterocycles. The highest BCUT2D eigenvalue weighted by molar-refractivity contribution is 6.36. The van der Waals surface area contributed by atoms with Gasteiger partial charge in [-0.25, -0.2) is 4.68 Å². The molecule has 0 radical (unpaired) electrons. The van der Waals surface area contributed by atoms with Crippen LogP contribution in [0.25, 0.3) is 16.9 Å². The van der Waals surface area contributed by atoms with E-state index in [4.69, 9.17) is 39.9 Å². The summed E-state index contributed by atoms with van der Waals surface area (Å²) in [6.07, 6.45) is 3.20. The lowest BCUT2D eigenvalue weighted by Crippen LogP contribution is -2.08. The monoisotopic (exact) mass is 405 g/mol. The molecule has 1 aliphatic heterocycles. The summed E-state index contributed by atoms with van der Waals surface area (Å²) < 4.78 is 1.98. The number of hydrogen-bond acceptors (Lipinski definition) is 2. The molecule has 2 aromatic carbocycles. The van der Waals surface area contributed by atoms with Gasteiger partial charge in [0.05, 0.1) is 16.4 Å². The van der Waals surface area contributed by atoms with Gasteiger partial charge in [-0.2, -0.15) is 5.10 Å². The summed E-state index contributed by atoms with van der Waals surface area (Å²) in [7, 11) is 0. The second-order valence-electron chi connectivity index (χ2n) is 6.53. The number of nitrogens with zero attached hydrogens (tertiary/aromatic N) is 2. The zero-order valence-electron chi connectivity index (χ0n) is 14.3. The average molecular weight is 407 g/mol. The maximum Gasteiger partial charge on any atom is 0.133 e. The van der Waals surface area contributed by atoms with Crippen LogP contribution in [0.5, 0.6) is 0 Å². The van der Waals surface area contributed by atoms with Crippen LogP contribution in [0.2, 0.25) is 15.1 Å². The predicted octanol–water partition coefficient (Wildman–Crippen LogP) is 6.56. The summed E-state index contributed by atoms with van der Waals surface area (Å²) in [5, 5.41) is 10.4. The molecule has 0 aliphatic carbocycles. The maximum absolute atomic E-state index is 6.48. The predicted molar refractivity (Wildman–Crippen MR) is 110 cm³/mol. The molecule has 0 saturated heterocycles. The van der Waals surface area contributed by atoms with Gasteiger partial charge in [0.15, 0.2) is 0 Å². The third-order valence-corrected chi connectivity index (χ3v) is 5.49. The van der Waals surface area contributed by atoms with Gasteiger partial charge in [0.2, 0.25) is 0 Å². The van der Waals surface area contributed by atoms with Crippen molar-refractivity contribution in [1.29, 1.82) is 0 Å². The molecule has 0 saturated carbocycles. The van der Waals surface area contributed by atoms with Crippen LogP contribution >= 0.6 is 34.8 Å². The minimum atomic E-state index is 0.613. The molecule has 0 atom stereocenters. The first-order valence-corrected chi connectivity index (χ1v) is 9.75. The van der Waals surface area contributed by atoms with Crippen molar-refractivity contribution < 1.29 is 0 Å². The number of fused-ring (bicyclic) bond motifs is 1. The van der Waals surface area contributed by atoms with Gasteiger partial charge in [-0.3, -0.25) is 0 Å². The van der Waals surface area contributed by atoms with E-state index in [0.29, 0.717) is 10.0 Å². The molecule has 0 bridgehead atoms. The van der Waals surface area contributed by atoms with Crippen molar-refractivity contribution in [3.05, 3.63) is 62.6 Å². The van der Waals surface area contributed by atoms with Crippen LogP contribution in [-0.2, 0) is 6.42 Å². The van der Waals surface area contributed by atoms with E-state index in [1.54, 1.807) is 6.07 Å². The molecule has 0 spiro atoms. The SMILES string of the molecule is Cc1cc(Cl)ccc1-n1nc(-c2ccc(Cl)cc2Cl)c2c1NCCCC2. The molecule has 0 unspecified atom stereocenters. The van der Waals surface area contributed by atoms with Gasteiger partial charge < -0.3 is 5.32 Å². The molecule has 0 fully saturated rings. The van der Waals surface area contributed by atoms with Gasteiger partial charge in [-0.15, -0.1) is 0 Å². The summed E-state index contributed by atoms with van der Waals surface area (Å²) in [4.78, 5) is 0. The van der Waals surface area contributed by atoms with Crippen LogP contribution < -0.4 is 5.32 Å². The van der Waals surface area contributed by atoms with Crippen LogP contribution in [0.3, 0.4) is 0 Å². The van der Waals surface area contributed by atoms with E-state index >= 15 is 0 Å². The summed E-state index contributed by atoms with van der Waals surface area (Å²) >= 11 is 18.7. The van der Waals surface area contributed by atoms with Crippen molar-refractivity contribution >= 4 is 40.6 Å². The molecule has 4 rings (SSSR count). The Kier molecular flexibility index (Phi) is 4.87. The van der Waals surface area contributed by atoms with E-state index in [1.807, 2.05) is 41.9 Å². The molecule has 3 nitrogen and oxygen atoms in total. The Morgan fingerprint density at radius 2 is 1.77 bits per heavy atom. The van der Waals surface area contributed by atoms with Crippen LogP contribution in [-0.4, -0.2) is 16.3 Å². The van der Waals surface area contributed by atoms with Crippen molar-refractivity contribution in [2.75, 3.05) is 11.9 Å². The van der Waals surface area contributed by atoms with E-state index in [0.717, 1.165) is 59.2 Å². The Hall–Kier alpha value is -1.68. The molecule has 0 amide bonds. The Morgan fingerprint density at radius 3 is 2.54 bits per heavy atom. The minimum absolute atomic E-state index is 0.613. The normalized spacial score (nSPS) is 13.8. The van der Waals surface area contributed by atoms with E-state index in [2.05, 4.69) is 5.32 Å². The summed E-state index contributed by atoms with van der Waals surface area (Å²) in [5.74, 6) is 1.04. The fraction of sp³-hybridized carbons (Fsp3) is 0.250. The highest BCUT2D eigenvalue weighted by atomic mass is 35.5. The number of benzene rings is 2. The summed E-state index contributed by atoms with van der Waals surface area (Å²) in [6, 6.07) is 11.4. The highest BCUT2D eigenvalue weighted by Crippen LogP contribution is 2.38. The Labute approximate surface area is 167 Å². The van der Waals surface area contributed by atoms with E-state index in [-0.39, 0.29) is 0 Å². The second-order valence-corrected chi connectivity index (χ2v) is 7.81. The van der Waals surface area contributed by atoms with Crippen molar-refractivity contribution in [2.24, 2.45) is 0 Å². The molecule has 6 heteroatoms. The quantitative estimate of drug-likeness (QED) is 0.522. The van der Waals surface area contributed by atoms with Gasteiger partial charge in [-0.1, -0.05) is 34.8 Å². The average Bonchev–Trinajstić information content (AvgIpc) is 2.77. The first kappa shape index (κ1) is 17.7. The number of aryl methyl sites for hydroxylation is 1. The minimum Gasteiger partial charge on any atom is -0.370 e.